The van der Waals surface area contributed by atoms with Crippen LogP contribution in [0.2, 0.25) is 0 Å². The van der Waals surface area contributed by atoms with E-state index in [2.05, 4.69) is 167 Å². The molecule has 3 heterocycles. The smallest absolute Gasteiger partial charge is 0.512 e. The Kier molecular flexibility index (Phi) is 10.2. The van der Waals surface area contributed by atoms with Gasteiger partial charge in [0.1, 0.15) is 17.3 Å². The molecule has 284 valence electrons. The number of hydrogen-bond acceptors (Lipinski definition) is 5. The molecule has 1 atom stereocenters. The van der Waals surface area contributed by atoms with Crippen LogP contribution in [-0.4, -0.2) is 22.5 Å². The van der Waals surface area contributed by atoms with E-state index in [4.69, 9.17) is 19.5 Å². The summed E-state index contributed by atoms with van der Waals surface area (Å²) in [6.07, 6.45) is 1.86. The van der Waals surface area contributed by atoms with Crippen molar-refractivity contribution < 1.29 is 30.5 Å². The number of anilines is 3. The van der Waals surface area contributed by atoms with Crippen molar-refractivity contribution in [1.82, 2.24) is 4.98 Å². The maximum atomic E-state index is 6.81. The van der Waals surface area contributed by atoms with Gasteiger partial charge >= 0.3 is 21.1 Å². The van der Waals surface area contributed by atoms with Gasteiger partial charge in [-0.1, -0.05) is 165 Å². The molecule has 57 heavy (non-hydrogen) atoms. The number of aryl methyl sites for hydroxylation is 1. The fraction of sp³-hybridized carbons (Fsp3) is 0.176. The summed E-state index contributed by atoms with van der Waals surface area (Å²) in [5.41, 5.74) is 9.68. The number of rotatable bonds is 8. The Morgan fingerprint density at radius 1 is 0.667 bits per heavy atom. The molecule has 0 N–H and O–H groups in total. The number of nitrogens with zero attached hydrogens (tertiary/aromatic N) is 3. The number of aromatic nitrogens is 1. The number of aliphatic imine (C=N–C) groups is 1. The van der Waals surface area contributed by atoms with Crippen LogP contribution in [0.15, 0.2) is 163 Å². The second kappa shape index (κ2) is 15.3. The summed E-state index contributed by atoms with van der Waals surface area (Å²) in [4.78, 5) is 12.5. The van der Waals surface area contributed by atoms with Gasteiger partial charge < -0.3 is 14.4 Å². The standard InChI is InChI=1S/C51H43N3O2.Pt/c1-34-28-40(54-45-26-16-15-24-43(45)50(2,3)44-25-17-27-52-48(44)54)33-41(29-34)55-42-31-38(35-18-9-6-10-19-35)30-39(32-42)49-53-47(51(4,5)56-49)46(36-20-11-7-12-21-36)37-22-13-8-14-23-37;/h6-31,46-47H,1-5H3;/q-2;+2/t47-;/m1./s1. The van der Waals surface area contributed by atoms with Crippen LogP contribution in [-0.2, 0) is 31.2 Å². The van der Waals surface area contributed by atoms with E-state index in [0.717, 1.165) is 45.0 Å². The number of benzene rings is 6. The average Bonchev–Trinajstić information content (AvgIpc) is 3.53. The number of para-hydroxylation sites is 1. The average molecular weight is 925 g/mol. The van der Waals surface area contributed by atoms with Crippen molar-refractivity contribution in [3.63, 3.8) is 0 Å². The van der Waals surface area contributed by atoms with Gasteiger partial charge in [-0.25, -0.2) is 4.98 Å². The van der Waals surface area contributed by atoms with E-state index >= 15 is 0 Å². The Hall–Kier alpha value is -5.77. The van der Waals surface area contributed by atoms with Gasteiger partial charge in [-0.2, -0.15) is 5.56 Å². The molecule has 6 aromatic carbocycles. The van der Waals surface area contributed by atoms with Crippen molar-refractivity contribution in [2.24, 2.45) is 4.99 Å². The monoisotopic (exact) mass is 924 g/mol. The number of hydrogen-bond donors (Lipinski definition) is 0. The predicted octanol–water partition coefficient (Wildman–Crippen LogP) is 12.3. The first-order valence-electron chi connectivity index (χ1n) is 19.2. The van der Waals surface area contributed by atoms with Gasteiger partial charge in [-0.3, -0.25) is 4.99 Å². The van der Waals surface area contributed by atoms with Crippen LogP contribution < -0.4 is 9.64 Å². The molecule has 0 radical (unpaired) electrons. The molecule has 2 aliphatic heterocycles. The summed E-state index contributed by atoms with van der Waals surface area (Å²) in [6, 6.07) is 59.5. The summed E-state index contributed by atoms with van der Waals surface area (Å²) in [5.74, 6) is 2.55. The van der Waals surface area contributed by atoms with Gasteiger partial charge in [-0.05, 0) is 48.2 Å². The molecule has 1 aromatic heterocycles. The van der Waals surface area contributed by atoms with Crippen LogP contribution in [0.1, 0.15) is 67.0 Å². The van der Waals surface area contributed by atoms with Crippen molar-refractivity contribution in [1.29, 1.82) is 0 Å². The van der Waals surface area contributed by atoms with E-state index in [1.54, 1.807) is 0 Å². The molecular weight excluding hydrogens is 882 g/mol. The van der Waals surface area contributed by atoms with Crippen LogP contribution in [0.3, 0.4) is 0 Å². The first kappa shape index (κ1) is 38.1. The molecule has 0 spiro atoms. The molecule has 5 nitrogen and oxygen atoms in total. The quantitative estimate of drug-likeness (QED) is 0.143. The predicted molar refractivity (Wildman–Crippen MR) is 226 cm³/mol. The normalized spacial score (nSPS) is 16.1. The summed E-state index contributed by atoms with van der Waals surface area (Å²) in [7, 11) is 0. The van der Waals surface area contributed by atoms with Gasteiger partial charge in [-0.15, -0.1) is 24.3 Å². The van der Waals surface area contributed by atoms with Crippen LogP contribution in [0.4, 0.5) is 17.2 Å². The largest absolute Gasteiger partial charge is 2.00 e. The van der Waals surface area contributed by atoms with E-state index in [9.17, 15) is 0 Å². The van der Waals surface area contributed by atoms with Crippen LogP contribution in [0, 0.1) is 19.1 Å². The molecule has 9 rings (SSSR count). The SMILES string of the molecule is Cc1cc(Oc2[c-]c(C3=N[C@H](C(c4ccccc4)c4ccccc4)C(C)(C)O3)cc(-c3ccccc3)c2)[c-]c(N2c3ccccc3C(C)(C)c3cccnc32)c1.[Pt+2]. The van der Waals surface area contributed by atoms with Gasteiger partial charge in [0.2, 0.25) is 0 Å². The van der Waals surface area contributed by atoms with Crippen molar-refractivity contribution >= 4 is 23.1 Å². The number of fused-ring (bicyclic) bond motifs is 2. The molecular formula is C51H43N3O2Pt. The Balaban J connectivity index is 0.00000455. The summed E-state index contributed by atoms with van der Waals surface area (Å²) < 4.78 is 13.6. The van der Waals surface area contributed by atoms with Gasteiger partial charge in [0.25, 0.3) is 0 Å². The number of pyridine rings is 1. The third kappa shape index (κ3) is 7.22. The van der Waals surface area contributed by atoms with Gasteiger partial charge in [0, 0.05) is 40.3 Å². The minimum absolute atomic E-state index is 0. The molecule has 0 fully saturated rings. The first-order chi connectivity index (χ1) is 27.2. The Morgan fingerprint density at radius 3 is 1.98 bits per heavy atom. The van der Waals surface area contributed by atoms with Crippen molar-refractivity contribution in [3.8, 4) is 22.6 Å². The van der Waals surface area contributed by atoms with E-state index in [1.165, 1.54) is 16.7 Å². The number of ether oxygens (including phenoxy) is 2. The Labute approximate surface area is 350 Å². The molecule has 0 saturated heterocycles. The fourth-order valence-corrected chi connectivity index (χ4v) is 8.33. The maximum Gasteiger partial charge on any atom is 2.00 e. The van der Waals surface area contributed by atoms with Gasteiger partial charge in [0.05, 0.1) is 6.04 Å². The molecule has 0 aliphatic carbocycles. The fourth-order valence-electron chi connectivity index (χ4n) is 8.33. The third-order valence-corrected chi connectivity index (χ3v) is 11.1. The zero-order chi connectivity index (χ0) is 38.4. The minimum Gasteiger partial charge on any atom is -0.512 e. The van der Waals surface area contributed by atoms with Crippen molar-refractivity contribution in [3.05, 3.63) is 203 Å². The van der Waals surface area contributed by atoms with Crippen LogP contribution in [0.25, 0.3) is 11.1 Å². The van der Waals surface area contributed by atoms with Gasteiger partial charge in [0.15, 0.2) is 0 Å². The summed E-state index contributed by atoms with van der Waals surface area (Å²) >= 11 is 0. The van der Waals surface area contributed by atoms with Crippen molar-refractivity contribution in [2.45, 2.75) is 57.6 Å². The second-order valence-electron chi connectivity index (χ2n) is 15.8. The maximum absolute atomic E-state index is 6.81. The minimum atomic E-state index is -0.605. The van der Waals surface area contributed by atoms with Crippen LogP contribution in [0.5, 0.6) is 11.5 Å². The molecule has 0 amide bonds. The second-order valence-corrected chi connectivity index (χ2v) is 15.8. The zero-order valence-electron chi connectivity index (χ0n) is 32.6. The summed E-state index contributed by atoms with van der Waals surface area (Å²) in [6.45, 7) is 10.9. The third-order valence-electron chi connectivity index (χ3n) is 11.1. The molecule has 7 aromatic rings. The molecule has 0 bridgehead atoms. The van der Waals surface area contributed by atoms with E-state index in [1.807, 2.05) is 42.6 Å². The van der Waals surface area contributed by atoms with E-state index in [0.29, 0.717) is 17.4 Å². The van der Waals surface area contributed by atoms with E-state index < -0.39 is 5.60 Å². The molecule has 2 aliphatic rings. The summed E-state index contributed by atoms with van der Waals surface area (Å²) in [5, 5.41) is 0. The Morgan fingerprint density at radius 2 is 1.28 bits per heavy atom. The van der Waals surface area contributed by atoms with Crippen LogP contribution >= 0.6 is 0 Å². The Bertz CT molecular complexity index is 2480. The van der Waals surface area contributed by atoms with Crippen molar-refractivity contribution in [2.75, 3.05) is 4.90 Å². The van der Waals surface area contributed by atoms with E-state index in [-0.39, 0.29) is 38.4 Å². The molecule has 0 unspecified atom stereocenters. The topological polar surface area (TPSA) is 47.0 Å². The molecule has 0 saturated carbocycles. The first-order valence-corrected chi connectivity index (χ1v) is 19.2. The zero-order valence-corrected chi connectivity index (χ0v) is 34.9. The molecule has 6 heteroatoms.